The Kier molecular flexibility index (Phi) is 6.37. The summed E-state index contributed by atoms with van der Waals surface area (Å²) in [6.07, 6.45) is 4.83. The van der Waals surface area contributed by atoms with Crippen LogP contribution in [0, 0.1) is 0 Å². The van der Waals surface area contributed by atoms with Crippen LogP contribution in [-0.4, -0.2) is 58.1 Å². The zero-order valence-electron chi connectivity index (χ0n) is 18.8. The lowest BCUT2D eigenvalue weighted by Crippen LogP contribution is -2.46. The van der Waals surface area contributed by atoms with E-state index in [1.165, 1.54) is 11.1 Å². The van der Waals surface area contributed by atoms with Gasteiger partial charge in [-0.05, 0) is 65.4 Å². The summed E-state index contributed by atoms with van der Waals surface area (Å²) in [4.78, 5) is 21.2. The molecular weight excluding hydrogens is 412 g/mol. The Hall–Kier alpha value is -3.22. The minimum atomic E-state index is -0.554. The average molecular weight is 443 g/mol. The number of anilines is 1. The van der Waals surface area contributed by atoms with Crippen molar-refractivity contribution < 1.29 is 9.90 Å². The summed E-state index contributed by atoms with van der Waals surface area (Å²) < 4.78 is 0. The number of nitrogens with zero attached hydrogens (tertiary/aromatic N) is 3. The van der Waals surface area contributed by atoms with E-state index in [0.29, 0.717) is 26.2 Å². The smallest absolute Gasteiger partial charge is 0.254 e. The van der Waals surface area contributed by atoms with Gasteiger partial charge in [-0.1, -0.05) is 24.3 Å². The molecule has 0 saturated heterocycles. The molecule has 170 valence electrons. The molecule has 33 heavy (non-hydrogen) atoms. The number of rotatable bonds is 7. The summed E-state index contributed by atoms with van der Waals surface area (Å²) in [5.74, 6) is 0.0139. The molecule has 2 aliphatic rings. The van der Waals surface area contributed by atoms with Crippen molar-refractivity contribution in [3.8, 4) is 0 Å². The predicted molar refractivity (Wildman–Crippen MR) is 129 cm³/mol. The van der Waals surface area contributed by atoms with Gasteiger partial charge >= 0.3 is 0 Å². The summed E-state index contributed by atoms with van der Waals surface area (Å²) in [7, 11) is 0. The zero-order chi connectivity index (χ0) is 22.6. The zero-order valence-corrected chi connectivity index (χ0v) is 18.8. The van der Waals surface area contributed by atoms with Crippen LogP contribution in [-0.2, 0) is 25.9 Å². The van der Waals surface area contributed by atoms with Crippen molar-refractivity contribution in [1.29, 1.82) is 0 Å². The van der Waals surface area contributed by atoms with Gasteiger partial charge in [-0.15, -0.1) is 0 Å². The quantitative estimate of drug-likeness (QED) is 0.589. The molecule has 0 radical (unpaired) electrons. The Balaban J connectivity index is 1.16. The van der Waals surface area contributed by atoms with E-state index in [2.05, 4.69) is 45.5 Å². The first-order valence-electron chi connectivity index (χ1n) is 11.7. The molecule has 1 aromatic heterocycles. The second-order valence-electron chi connectivity index (χ2n) is 8.99. The Morgan fingerprint density at radius 2 is 1.73 bits per heavy atom. The molecule has 2 aliphatic heterocycles. The maximum absolute atomic E-state index is 13.1. The largest absolute Gasteiger partial charge is 0.390 e. The fourth-order valence-corrected chi connectivity index (χ4v) is 4.85. The fraction of sp³-hybridized carbons (Fsp3) is 0.333. The van der Waals surface area contributed by atoms with Gasteiger partial charge in [0.2, 0.25) is 0 Å². The second kappa shape index (κ2) is 9.73. The van der Waals surface area contributed by atoms with E-state index in [9.17, 15) is 9.90 Å². The lowest BCUT2D eigenvalue weighted by Gasteiger charge is -2.34. The van der Waals surface area contributed by atoms with Gasteiger partial charge in [-0.25, -0.2) is 0 Å². The molecule has 2 aromatic carbocycles. The van der Waals surface area contributed by atoms with E-state index >= 15 is 0 Å². The van der Waals surface area contributed by atoms with Crippen LogP contribution in [0.5, 0.6) is 0 Å². The van der Waals surface area contributed by atoms with E-state index in [0.717, 1.165) is 48.3 Å². The molecule has 0 fully saturated rings. The van der Waals surface area contributed by atoms with Gasteiger partial charge in [-0.2, -0.15) is 0 Å². The Labute approximate surface area is 194 Å². The summed E-state index contributed by atoms with van der Waals surface area (Å²) in [6, 6.07) is 18.4. The van der Waals surface area contributed by atoms with Crippen LogP contribution in [0.1, 0.15) is 32.6 Å². The summed E-state index contributed by atoms with van der Waals surface area (Å²) in [5, 5.41) is 14.2. The van der Waals surface area contributed by atoms with Crippen molar-refractivity contribution in [1.82, 2.24) is 14.8 Å². The van der Waals surface area contributed by atoms with Crippen LogP contribution in [0.4, 0.5) is 5.69 Å². The van der Waals surface area contributed by atoms with Gasteiger partial charge in [-0.3, -0.25) is 14.7 Å². The Morgan fingerprint density at radius 1 is 0.939 bits per heavy atom. The van der Waals surface area contributed by atoms with E-state index < -0.39 is 6.10 Å². The molecule has 1 unspecified atom stereocenters. The number of hydrogen-bond acceptors (Lipinski definition) is 5. The number of pyridine rings is 1. The lowest BCUT2D eigenvalue weighted by atomic mass is 9.97. The van der Waals surface area contributed by atoms with Crippen LogP contribution in [0.15, 0.2) is 67.0 Å². The monoisotopic (exact) mass is 442 g/mol. The molecule has 6 nitrogen and oxygen atoms in total. The molecule has 6 heteroatoms. The molecule has 0 spiro atoms. The molecule has 3 aromatic rings. The normalized spacial score (nSPS) is 16.8. The third-order valence-corrected chi connectivity index (χ3v) is 6.63. The lowest BCUT2D eigenvalue weighted by molar-refractivity contribution is 0.0493. The van der Waals surface area contributed by atoms with Crippen molar-refractivity contribution in [2.45, 2.75) is 32.0 Å². The van der Waals surface area contributed by atoms with Gasteiger partial charge in [0.15, 0.2) is 0 Å². The van der Waals surface area contributed by atoms with Crippen molar-refractivity contribution in [2.75, 3.05) is 31.5 Å². The van der Waals surface area contributed by atoms with E-state index in [-0.39, 0.29) is 5.91 Å². The maximum atomic E-state index is 13.1. The van der Waals surface area contributed by atoms with Crippen LogP contribution >= 0.6 is 0 Å². The van der Waals surface area contributed by atoms with Crippen molar-refractivity contribution >= 4 is 11.6 Å². The Bertz CT molecular complexity index is 1120. The molecule has 1 amide bonds. The summed E-state index contributed by atoms with van der Waals surface area (Å²) in [5.41, 5.74) is 6.73. The van der Waals surface area contributed by atoms with Crippen LogP contribution in [0.3, 0.4) is 0 Å². The number of fused-ring (bicyclic) bond motifs is 2. The summed E-state index contributed by atoms with van der Waals surface area (Å²) >= 11 is 0. The van der Waals surface area contributed by atoms with Gasteiger partial charge in [0.1, 0.15) is 0 Å². The summed E-state index contributed by atoms with van der Waals surface area (Å²) in [6.45, 7) is 4.12. The van der Waals surface area contributed by atoms with E-state index in [4.69, 9.17) is 0 Å². The minimum Gasteiger partial charge on any atom is -0.390 e. The molecule has 0 bridgehead atoms. The highest BCUT2D eigenvalue weighted by Crippen LogP contribution is 2.24. The van der Waals surface area contributed by atoms with Crippen LogP contribution < -0.4 is 5.32 Å². The fourth-order valence-electron chi connectivity index (χ4n) is 4.85. The highest BCUT2D eigenvalue weighted by molar-refractivity contribution is 5.97. The molecule has 0 aliphatic carbocycles. The third-order valence-electron chi connectivity index (χ3n) is 6.63. The maximum Gasteiger partial charge on any atom is 0.254 e. The predicted octanol–water partition coefficient (Wildman–Crippen LogP) is 3.11. The molecule has 5 rings (SSSR count). The van der Waals surface area contributed by atoms with Crippen molar-refractivity contribution in [3.05, 3.63) is 94.8 Å². The minimum absolute atomic E-state index is 0.0139. The molecule has 2 N–H and O–H groups in total. The highest BCUT2D eigenvalue weighted by Gasteiger charge is 2.27. The van der Waals surface area contributed by atoms with Gasteiger partial charge < -0.3 is 15.3 Å². The number of aliphatic hydroxyl groups excluding tert-OH is 1. The number of hydrogen-bond donors (Lipinski definition) is 2. The van der Waals surface area contributed by atoms with Crippen LogP contribution in [0.2, 0.25) is 0 Å². The number of carbonyl (C=O) groups is 1. The number of amides is 1. The number of benzene rings is 2. The Morgan fingerprint density at radius 3 is 2.58 bits per heavy atom. The number of carbonyl (C=O) groups excluding carboxylic acids is 1. The van der Waals surface area contributed by atoms with Crippen LogP contribution in [0.25, 0.3) is 0 Å². The highest BCUT2D eigenvalue weighted by atomic mass is 16.3. The van der Waals surface area contributed by atoms with E-state index in [1.807, 2.05) is 24.3 Å². The first kappa shape index (κ1) is 21.6. The van der Waals surface area contributed by atoms with Gasteiger partial charge in [0.05, 0.1) is 6.10 Å². The first-order valence-corrected chi connectivity index (χ1v) is 11.7. The van der Waals surface area contributed by atoms with Gasteiger partial charge in [0.25, 0.3) is 5.91 Å². The average Bonchev–Trinajstić information content (AvgIpc) is 2.85. The van der Waals surface area contributed by atoms with E-state index in [1.54, 1.807) is 17.3 Å². The molecular formula is C27H30N4O2. The number of nitrogens with one attached hydrogen (secondary N) is 1. The third kappa shape index (κ3) is 5.07. The topological polar surface area (TPSA) is 68.7 Å². The van der Waals surface area contributed by atoms with Crippen molar-refractivity contribution in [2.24, 2.45) is 0 Å². The SMILES string of the molecule is O=C1c2ccc(NCc3ccncc3)cc2CCN1CC(O)CN1CCc2ccccc2C1. The first-order chi connectivity index (χ1) is 16.2. The van der Waals surface area contributed by atoms with Crippen molar-refractivity contribution in [3.63, 3.8) is 0 Å². The molecule has 1 atom stereocenters. The molecule has 3 heterocycles. The number of aliphatic hydroxyl groups is 1. The van der Waals surface area contributed by atoms with Gasteiger partial charge in [0, 0.05) is 62.9 Å². The number of aromatic nitrogens is 1. The number of β-amino-alcohol motifs (C(OH)–C–C–N with tert-alkyl or cyclic N) is 1. The molecule has 0 saturated carbocycles. The second-order valence-corrected chi connectivity index (χ2v) is 8.99. The standard InChI is InChI=1S/C27H30N4O2/c32-25(18-30-13-9-21-3-1-2-4-23(21)17-30)19-31-14-10-22-15-24(5-6-26(22)27(31)33)29-16-20-7-11-28-12-8-20/h1-8,11-12,15,25,29,32H,9-10,13-14,16-19H2.